The quantitative estimate of drug-likeness (QED) is 0.146. The van der Waals surface area contributed by atoms with E-state index in [0.29, 0.717) is 6.42 Å². The van der Waals surface area contributed by atoms with Crippen molar-refractivity contribution in [3.8, 4) is 11.5 Å². The van der Waals surface area contributed by atoms with Crippen LogP contribution in [0.1, 0.15) is 111 Å². The number of benzene rings is 2. The van der Waals surface area contributed by atoms with Crippen molar-refractivity contribution in [3.63, 3.8) is 0 Å². The second-order valence-electron chi connectivity index (χ2n) is 14.3. The minimum absolute atomic E-state index is 0.0328. The molecule has 6 nitrogen and oxygen atoms in total. The molecular weight excluding hydrogens is 540 g/mol. The number of aromatic hydroxyl groups is 2. The number of esters is 2. The van der Waals surface area contributed by atoms with Crippen LogP contribution in [-0.2, 0) is 35.3 Å². The van der Waals surface area contributed by atoms with Crippen molar-refractivity contribution in [2.45, 2.75) is 105 Å². The standard InChI is InChI=1S/C37H52O6/c1-24(2)36(11,25(3)4)22-32(40)42-18-13-19-43-33(41)23-37(12,26-14-16-30(38)28(20-26)34(5,6)7)27-15-17-31(39)29(21-27)35(8,9)10/h14-17,20-21,38-39H,1,3,13,18-19,22-23H2,2,4-12H3. The molecule has 0 radical (unpaired) electrons. The molecule has 0 bridgehead atoms. The van der Waals surface area contributed by atoms with Gasteiger partial charge in [0, 0.05) is 17.3 Å². The molecule has 0 aromatic heterocycles. The summed E-state index contributed by atoms with van der Waals surface area (Å²) in [6, 6.07) is 10.9. The van der Waals surface area contributed by atoms with Crippen LogP contribution in [0.25, 0.3) is 0 Å². The van der Waals surface area contributed by atoms with Gasteiger partial charge in [-0.3, -0.25) is 9.59 Å². The highest BCUT2D eigenvalue weighted by Gasteiger charge is 2.36. The van der Waals surface area contributed by atoms with Crippen molar-refractivity contribution < 1.29 is 29.3 Å². The van der Waals surface area contributed by atoms with Crippen LogP contribution in [0.4, 0.5) is 0 Å². The molecule has 0 aliphatic heterocycles. The van der Waals surface area contributed by atoms with Gasteiger partial charge in [0.2, 0.25) is 0 Å². The fourth-order valence-electron chi connectivity index (χ4n) is 5.11. The largest absolute Gasteiger partial charge is 0.508 e. The summed E-state index contributed by atoms with van der Waals surface area (Å²) in [5.41, 5.74) is 2.95. The van der Waals surface area contributed by atoms with Crippen LogP contribution in [-0.4, -0.2) is 35.4 Å². The number of hydrogen-bond donors (Lipinski definition) is 2. The number of carbonyl (C=O) groups excluding carboxylic acids is 2. The summed E-state index contributed by atoms with van der Waals surface area (Å²) in [7, 11) is 0. The van der Waals surface area contributed by atoms with Gasteiger partial charge in [-0.1, -0.05) is 104 Å². The molecule has 236 valence electrons. The third kappa shape index (κ3) is 8.75. The summed E-state index contributed by atoms with van der Waals surface area (Å²) in [5.74, 6) is -0.356. The third-order valence-electron chi connectivity index (χ3n) is 8.58. The van der Waals surface area contributed by atoms with Crippen LogP contribution < -0.4 is 0 Å². The molecule has 0 saturated heterocycles. The number of allylic oxidation sites excluding steroid dienone is 2. The average molecular weight is 593 g/mol. The molecule has 0 heterocycles. The first-order chi connectivity index (χ1) is 19.6. The molecule has 6 heteroatoms. The smallest absolute Gasteiger partial charge is 0.307 e. The van der Waals surface area contributed by atoms with Gasteiger partial charge in [-0.2, -0.15) is 0 Å². The minimum Gasteiger partial charge on any atom is -0.508 e. The van der Waals surface area contributed by atoms with E-state index in [-0.39, 0.29) is 54.4 Å². The van der Waals surface area contributed by atoms with Crippen LogP contribution in [0.5, 0.6) is 11.5 Å². The summed E-state index contributed by atoms with van der Waals surface area (Å²) in [6.45, 7) is 28.0. The molecule has 2 aromatic rings. The van der Waals surface area contributed by atoms with Crippen molar-refractivity contribution in [2.24, 2.45) is 5.41 Å². The number of rotatable bonds is 12. The fraction of sp³-hybridized carbons (Fsp3) is 0.514. The van der Waals surface area contributed by atoms with E-state index < -0.39 is 16.8 Å². The maximum absolute atomic E-state index is 13.3. The van der Waals surface area contributed by atoms with Gasteiger partial charge in [-0.05, 0) is 59.1 Å². The van der Waals surface area contributed by atoms with Gasteiger partial charge in [0.05, 0.1) is 26.1 Å². The molecule has 0 atom stereocenters. The summed E-state index contributed by atoms with van der Waals surface area (Å²) in [5, 5.41) is 21.3. The van der Waals surface area contributed by atoms with Crippen LogP contribution in [0.2, 0.25) is 0 Å². The van der Waals surface area contributed by atoms with E-state index in [1.54, 1.807) is 12.1 Å². The molecule has 0 aliphatic carbocycles. The normalized spacial score (nSPS) is 12.5. The molecule has 2 aromatic carbocycles. The number of hydrogen-bond acceptors (Lipinski definition) is 6. The lowest BCUT2D eigenvalue weighted by Crippen LogP contribution is -2.30. The van der Waals surface area contributed by atoms with Crippen LogP contribution >= 0.6 is 0 Å². The van der Waals surface area contributed by atoms with E-state index in [1.807, 2.05) is 93.5 Å². The molecule has 0 amide bonds. The van der Waals surface area contributed by atoms with Crippen LogP contribution in [0.15, 0.2) is 60.7 Å². The molecule has 2 N–H and O–H groups in total. The first-order valence-corrected chi connectivity index (χ1v) is 14.9. The molecular formula is C37H52O6. The van der Waals surface area contributed by atoms with Gasteiger partial charge in [-0.15, -0.1) is 0 Å². The fourth-order valence-corrected chi connectivity index (χ4v) is 5.11. The Kier molecular flexibility index (Phi) is 11.1. The molecule has 0 saturated carbocycles. The van der Waals surface area contributed by atoms with E-state index in [2.05, 4.69) is 13.2 Å². The van der Waals surface area contributed by atoms with Gasteiger partial charge in [0.25, 0.3) is 0 Å². The molecule has 0 fully saturated rings. The Bertz CT molecular complexity index is 1270. The Balaban J connectivity index is 2.25. The zero-order chi connectivity index (χ0) is 33.0. The van der Waals surface area contributed by atoms with Gasteiger partial charge in [0.15, 0.2) is 0 Å². The monoisotopic (exact) mass is 592 g/mol. The highest BCUT2D eigenvalue weighted by atomic mass is 16.5. The number of phenols is 2. The number of carbonyl (C=O) groups is 2. The predicted octanol–water partition coefficient (Wildman–Crippen LogP) is 8.41. The molecule has 0 unspecified atom stereocenters. The third-order valence-corrected chi connectivity index (χ3v) is 8.58. The van der Waals surface area contributed by atoms with E-state index in [0.717, 1.165) is 33.4 Å². The lowest BCUT2D eigenvalue weighted by Gasteiger charge is -2.33. The lowest BCUT2D eigenvalue weighted by molar-refractivity contribution is -0.147. The Morgan fingerprint density at radius 2 is 1.05 bits per heavy atom. The van der Waals surface area contributed by atoms with Crippen LogP contribution in [0.3, 0.4) is 0 Å². The highest BCUT2D eigenvalue weighted by molar-refractivity contribution is 5.73. The van der Waals surface area contributed by atoms with E-state index >= 15 is 0 Å². The maximum Gasteiger partial charge on any atom is 0.307 e. The Morgan fingerprint density at radius 3 is 1.40 bits per heavy atom. The van der Waals surface area contributed by atoms with E-state index in [1.165, 1.54) is 0 Å². The topological polar surface area (TPSA) is 93.1 Å². The van der Waals surface area contributed by atoms with Crippen molar-refractivity contribution in [1.29, 1.82) is 0 Å². The van der Waals surface area contributed by atoms with Crippen molar-refractivity contribution in [2.75, 3.05) is 13.2 Å². The average Bonchev–Trinajstić information content (AvgIpc) is 2.87. The second kappa shape index (κ2) is 13.4. The number of phenolic OH excluding ortho intramolecular Hbond substituents is 2. The first kappa shape index (κ1) is 35.7. The van der Waals surface area contributed by atoms with Crippen LogP contribution in [0, 0.1) is 5.41 Å². The molecule has 43 heavy (non-hydrogen) atoms. The predicted molar refractivity (Wildman–Crippen MR) is 174 cm³/mol. The first-order valence-electron chi connectivity index (χ1n) is 14.9. The zero-order valence-electron chi connectivity index (χ0n) is 27.9. The van der Waals surface area contributed by atoms with Gasteiger partial charge < -0.3 is 19.7 Å². The molecule has 2 rings (SSSR count). The van der Waals surface area contributed by atoms with Gasteiger partial charge in [0.1, 0.15) is 11.5 Å². The molecule has 0 aliphatic rings. The highest BCUT2D eigenvalue weighted by Crippen LogP contribution is 2.43. The van der Waals surface area contributed by atoms with E-state index in [9.17, 15) is 19.8 Å². The minimum atomic E-state index is -0.819. The Hall–Kier alpha value is -3.54. The summed E-state index contributed by atoms with van der Waals surface area (Å²) >= 11 is 0. The van der Waals surface area contributed by atoms with Gasteiger partial charge >= 0.3 is 11.9 Å². The Morgan fingerprint density at radius 1 is 0.674 bits per heavy atom. The van der Waals surface area contributed by atoms with Crippen molar-refractivity contribution in [1.82, 2.24) is 0 Å². The maximum atomic E-state index is 13.3. The summed E-state index contributed by atoms with van der Waals surface area (Å²) < 4.78 is 11.0. The van der Waals surface area contributed by atoms with Crippen molar-refractivity contribution in [3.05, 3.63) is 83.0 Å². The van der Waals surface area contributed by atoms with Gasteiger partial charge in [-0.25, -0.2) is 0 Å². The SMILES string of the molecule is C=C(C)C(C)(CC(=O)OCCCOC(=O)CC(C)(c1ccc(O)c(C(C)(C)C)c1)c1ccc(O)c(C(C)(C)C)c1)C(=C)C. The molecule has 0 spiro atoms. The lowest BCUT2D eigenvalue weighted by atomic mass is 9.70. The number of ether oxygens (including phenoxy) is 2. The second-order valence-corrected chi connectivity index (χ2v) is 14.3. The van der Waals surface area contributed by atoms with E-state index in [4.69, 9.17) is 9.47 Å². The summed E-state index contributed by atoms with van der Waals surface area (Å²) in [6.07, 6.45) is 0.555. The summed E-state index contributed by atoms with van der Waals surface area (Å²) in [4.78, 5) is 25.8. The van der Waals surface area contributed by atoms with Crippen molar-refractivity contribution >= 4 is 11.9 Å². The zero-order valence-corrected chi connectivity index (χ0v) is 27.9. The Labute approximate surface area is 258 Å².